The maximum Gasteiger partial charge on any atom is 0.250 e. The largest absolute Gasteiger partial charge is 0.457 e. The minimum Gasteiger partial charge on any atom is -0.457 e. The summed E-state index contributed by atoms with van der Waals surface area (Å²) in [7, 11) is 0. The number of thiocarbonyl (C=S) groups is 1. The topological polar surface area (TPSA) is 54.3 Å². The van der Waals surface area contributed by atoms with Gasteiger partial charge in [-0.25, -0.2) is 0 Å². The zero-order valence-corrected chi connectivity index (χ0v) is 18.6. The molecule has 1 aliphatic rings. The van der Waals surface area contributed by atoms with Gasteiger partial charge in [0.15, 0.2) is 5.11 Å². The van der Waals surface area contributed by atoms with Crippen molar-refractivity contribution in [3.63, 3.8) is 0 Å². The Labute approximate surface area is 195 Å². The van der Waals surface area contributed by atoms with E-state index in [4.69, 9.17) is 28.2 Å². The van der Waals surface area contributed by atoms with Crippen molar-refractivity contribution in [2.75, 3.05) is 5.32 Å². The van der Waals surface area contributed by atoms with Crippen LogP contribution in [0.4, 0.5) is 5.69 Å². The average Bonchev–Trinajstić information content (AvgIpc) is 3.43. The van der Waals surface area contributed by atoms with E-state index in [1.54, 1.807) is 24.3 Å². The normalized spacial score (nSPS) is 12.4. The number of aryl methyl sites for hydroxylation is 2. The van der Waals surface area contributed by atoms with E-state index in [-0.39, 0.29) is 11.0 Å². The van der Waals surface area contributed by atoms with Crippen LogP contribution in [0.3, 0.4) is 0 Å². The second-order valence-electron chi connectivity index (χ2n) is 7.60. The van der Waals surface area contributed by atoms with Gasteiger partial charge in [0.05, 0.1) is 0 Å². The fourth-order valence-corrected chi connectivity index (χ4v) is 4.37. The number of nitrogens with one attached hydrogen (secondary N) is 2. The number of hydrogen-bond donors (Lipinski definition) is 2. The first-order valence-corrected chi connectivity index (χ1v) is 11.0. The maximum atomic E-state index is 12.3. The molecule has 0 aliphatic heterocycles. The minimum atomic E-state index is -0.335. The van der Waals surface area contributed by atoms with Crippen LogP contribution in [0, 0.1) is 0 Å². The van der Waals surface area contributed by atoms with Gasteiger partial charge in [0, 0.05) is 27.7 Å². The highest BCUT2D eigenvalue weighted by molar-refractivity contribution is 7.80. The lowest BCUT2D eigenvalue weighted by Crippen LogP contribution is -2.32. The van der Waals surface area contributed by atoms with E-state index in [1.165, 1.54) is 22.6 Å². The van der Waals surface area contributed by atoms with Gasteiger partial charge in [0.25, 0.3) is 0 Å². The van der Waals surface area contributed by atoms with Crippen molar-refractivity contribution in [2.45, 2.75) is 12.8 Å². The summed E-state index contributed by atoms with van der Waals surface area (Å²) in [5.74, 6) is 0.931. The zero-order chi connectivity index (χ0) is 22.1. The Morgan fingerprint density at radius 1 is 0.969 bits per heavy atom. The molecule has 0 unspecified atom stereocenters. The number of rotatable bonds is 4. The predicted octanol–water partition coefficient (Wildman–Crippen LogP) is 6.38. The molecule has 4 aromatic rings. The lowest BCUT2D eigenvalue weighted by atomic mass is 10.0. The number of anilines is 1. The van der Waals surface area contributed by atoms with Crippen molar-refractivity contribution < 1.29 is 9.21 Å². The third-order valence-corrected chi connectivity index (χ3v) is 5.97. The SMILES string of the molecule is O=C(C=Cc1ccc(-c2ccc(Cl)cc2)o1)NC(=S)Nc1ccc2c3c(cccc13)CC2. The molecule has 0 bridgehead atoms. The van der Waals surface area contributed by atoms with Gasteiger partial charge in [0.2, 0.25) is 5.91 Å². The number of carbonyl (C=O) groups is 1. The Morgan fingerprint density at radius 3 is 2.56 bits per heavy atom. The van der Waals surface area contributed by atoms with E-state index < -0.39 is 0 Å². The first kappa shape index (κ1) is 20.5. The maximum absolute atomic E-state index is 12.3. The summed E-state index contributed by atoms with van der Waals surface area (Å²) in [5.41, 5.74) is 4.51. The molecule has 3 aromatic carbocycles. The molecule has 6 heteroatoms. The van der Waals surface area contributed by atoms with Gasteiger partial charge < -0.3 is 9.73 Å². The van der Waals surface area contributed by atoms with Crippen LogP contribution in [-0.2, 0) is 17.6 Å². The molecule has 2 N–H and O–H groups in total. The van der Waals surface area contributed by atoms with Gasteiger partial charge in [-0.05, 0) is 90.1 Å². The number of amides is 1. The van der Waals surface area contributed by atoms with Crippen molar-refractivity contribution >= 4 is 57.4 Å². The molecule has 32 heavy (non-hydrogen) atoms. The highest BCUT2D eigenvalue weighted by Crippen LogP contribution is 2.35. The van der Waals surface area contributed by atoms with Crippen LogP contribution in [0.15, 0.2) is 77.2 Å². The molecule has 4 nitrogen and oxygen atoms in total. The molecule has 158 valence electrons. The molecular formula is C26H19ClN2O2S. The summed E-state index contributed by atoms with van der Waals surface area (Å²) in [6.45, 7) is 0. The number of furan rings is 1. The lowest BCUT2D eigenvalue weighted by Gasteiger charge is -2.12. The Morgan fingerprint density at radius 2 is 1.75 bits per heavy atom. The molecule has 1 amide bonds. The second kappa shape index (κ2) is 8.61. The zero-order valence-electron chi connectivity index (χ0n) is 17.0. The third-order valence-electron chi connectivity index (χ3n) is 5.52. The molecule has 1 heterocycles. The summed E-state index contributed by atoms with van der Waals surface area (Å²) in [6, 6.07) is 21.5. The number of hydrogen-bond acceptors (Lipinski definition) is 3. The molecule has 5 rings (SSSR count). The lowest BCUT2D eigenvalue weighted by molar-refractivity contribution is -0.115. The second-order valence-corrected chi connectivity index (χ2v) is 8.44. The standard InChI is InChI=1S/C26H19ClN2O2S/c27-19-9-6-16(7-10-19)23-14-11-20(31-23)12-15-24(30)29-26(32)28-22-13-8-18-5-4-17-2-1-3-21(22)25(17)18/h1-3,6-15H,4-5H2,(H2,28,29,30,32). The molecule has 0 saturated heterocycles. The average molecular weight is 459 g/mol. The van der Waals surface area contributed by atoms with Crippen molar-refractivity contribution in [2.24, 2.45) is 0 Å². The molecule has 0 fully saturated rings. The first-order chi connectivity index (χ1) is 15.6. The van der Waals surface area contributed by atoms with E-state index in [0.29, 0.717) is 16.5 Å². The fourth-order valence-electron chi connectivity index (χ4n) is 4.03. The number of benzene rings is 3. The summed E-state index contributed by atoms with van der Waals surface area (Å²) in [4.78, 5) is 12.3. The van der Waals surface area contributed by atoms with Gasteiger partial charge in [-0.3, -0.25) is 10.1 Å². The monoisotopic (exact) mass is 458 g/mol. The van der Waals surface area contributed by atoms with Crippen molar-refractivity contribution in [1.29, 1.82) is 0 Å². The van der Waals surface area contributed by atoms with Gasteiger partial charge in [-0.15, -0.1) is 0 Å². The van der Waals surface area contributed by atoms with Crippen LogP contribution in [0.1, 0.15) is 16.9 Å². The van der Waals surface area contributed by atoms with Crippen LogP contribution in [0.25, 0.3) is 28.2 Å². The van der Waals surface area contributed by atoms with Crippen molar-refractivity contribution in [3.05, 3.63) is 94.7 Å². The highest BCUT2D eigenvalue weighted by Gasteiger charge is 2.16. The van der Waals surface area contributed by atoms with Crippen molar-refractivity contribution in [1.82, 2.24) is 5.32 Å². The van der Waals surface area contributed by atoms with Crippen molar-refractivity contribution in [3.8, 4) is 11.3 Å². The number of halogens is 1. The van der Waals surface area contributed by atoms with Crippen LogP contribution >= 0.6 is 23.8 Å². The number of carbonyl (C=O) groups excluding carboxylic acids is 1. The van der Waals surface area contributed by atoms with E-state index in [1.807, 2.05) is 24.3 Å². The summed E-state index contributed by atoms with van der Waals surface area (Å²) >= 11 is 11.3. The van der Waals surface area contributed by atoms with Crippen LogP contribution < -0.4 is 10.6 Å². The fraction of sp³-hybridized carbons (Fsp3) is 0.0769. The van der Waals surface area contributed by atoms with Gasteiger partial charge >= 0.3 is 0 Å². The van der Waals surface area contributed by atoms with Gasteiger partial charge in [-0.2, -0.15) is 0 Å². The minimum absolute atomic E-state index is 0.250. The Hall–Kier alpha value is -3.41. The quantitative estimate of drug-likeness (QED) is 0.275. The Balaban J connectivity index is 1.23. The molecule has 0 spiro atoms. The van der Waals surface area contributed by atoms with Crippen LogP contribution in [0.2, 0.25) is 5.02 Å². The van der Waals surface area contributed by atoms with E-state index in [9.17, 15) is 4.79 Å². The smallest absolute Gasteiger partial charge is 0.250 e. The summed E-state index contributed by atoms with van der Waals surface area (Å²) in [6.07, 6.45) is 5.13. The molecule has 1 aromatic heterocycles. The summed E-state index contributed by atoms with van der Waals surface area (Å²) in [5, 5.41) is 9.18. The van der Waals surface area contributed by atoms with Crippen LogP contribution in [-0.4, -0.2) is 11.0 Å². The molecule has 0 saturated carbocycles. The predicted molar refractivity (Wildman–Crippen MR) is 134 cm³/mol. The highest BCUT2D eigenvalue weighted by atomic mass is 35.5. The van der Waals surface area contributed by atoms with Gasteiger partial charge in [-0.1, -0.05) is 35.9 Å². The first-order valence-electron chi connectivity index (χ1n) is 10.3. The van der Waals surface area contributed by atoms with Crippen LogP contribution in [0.5, 0.6) is 0 Å². The molecule has 0 radical (unpaired) electrons. The Bertz CT molecular complexity index is 1360. The summed E-state index contributed by atoms with van der Waals surface area (Å²) < 4.78 is 5.78. The van der Waals surface area contributed by atoms with Gasteiger partial charge in [0.1, 0.15) is 11.5 Å². The van der Waals surface area contributed by atoms with E-state index in [2.05, 4.69) is 34.9 Å². The van der Waals surface area contributed by atoms with E-state index in [0.717, 1.165) is 29.5 Å². The third kappa shape index (κ3) is 4.17. The molecular weight excluding hydrogens is 440 g/mol. The van der Waals surface area contributed by atoms with E-state index >= 15 is 0 Å². The molecule has 1 aliphatic carbocycles. The molecule has 0 atom stereocenters. The Kier molecular flexibility index (Phi) is 5.52.